The van der Waals surface area contributed by atoms with Crippen molar-refractivity contribution in [3.63, 3.8) is 0 Å². The third-order valence-electron chi connectivity index (χ3n) is 4.62. The van der Waals surface area contributed by atoms with Crippen molar-refractivity contribution in [3.8, 4) is 11.8 Å². The third kappa shape index (κ3) is 5.46. The maximum atomic E-state index is 12.5. The van der Waals surface area contributed by atoms with Crippen molar-refractivity contribution in [2.75, 3.05) is 25.1 Å². The number of nitrogens with one attached hydrogen (secondary N) is 1. The number of thiophene rings is 1. The molecule has 162 valence electrons. The highest BCUT2D eigenvalue weighted by molar-refractivity contribution is 9.10. The summed E-state index contributed by atoms with van der Waals surface area (Å²) in [5.74, 6) is 0.331. The van der Waals surface area contributed by atoms with Gasteiger partial charge >= 0.3 is 6.09 Å². The lowest BCUT2D eigenvalue weighted by molar-refractivity contribution is -0.111. The van der Waals surface area contributed by atoms with Gasteiger partial charge in [0.2, 0.25) is 5.91 Å². The summed E-state index contributed by atoms with van der Waals surface area (Å²) in [6.07, 6.45) is 3.27. The van der Waals surface area contributed by atoms with Crippen LogP contribution in [0.3, 0.4) is 0 Å². The highest BCUT2D eigenvalue weighted by atomic mass is 79.9. The Morgan fingerprint density at radius 3 is 2.87 bits per heavy atom. The van der Waals surface area contributed by atoms with Gasteiger partial charge in [-0.25, -0.2) is 4.79 Å². The molecule has 0 aliphatic carbocycles. The van der Waals surface area contributed by atoms with Crippen molar-refractivity contribution in [1.82, 2.24) is 4.90 Å². The van der Waals surface area contributed by atoms with E-state index in [4.69, 9.17) is 9.47 Å². The van der Waals surface area contributed by atoms with Gasteiger partial charge in [-0.3, -0.25) is 4.79 Å². The van der Waals surface area contributed by atoms with Crippen LogP contribution in [0.1, 0.15) is 35.4 Å². The molecular weight excluding hydrogens is 482 g/mol. The van der Waals surface area contributed by atoms with E-state index in [1.165, 1.54) is 17.4 Å². The molecule has 0 saturated carbocycles. The van der Waals surface area contributed by atoms with Gasteiger partial charge in [-0.1, -0.05) is 15.9 Å². The SMILES string of the molecule is CCOC(=O)N1CCc2c(sc(NC(=O)C=Cc3cc(Br)ccc3OCC)c2C#N)C1. The van der Waals surface area contributed by atoms with Crippen LogP contribution in [0, 0.1) is 11.3 Å². The highest BCUT2D eigenvalue weighted by Crippen LogP contribution is 2.37. The van der Waals surface area contributed by atoms with Crippen LogP contribution < -0.4 is 10.1 Å². The summed E-state index contributed by atoms with van der Waals surface area (Å²) in [6, 6.07) is 7.77. The van der Waals surface area contributed by atoms with E-state index in [0.29, 0.717) is 49.0 Å². The number of benzene rings is 1. The Labute approximate surface area is 193 Å². The molecule has 0 spiro atoms. The van der Waals surface area contributed by atoms with Gasteiger partial charge in [-0.2, -0.15) is 5.26 Å². The molecule has 0 fully saturated rings. The first-order valence-corrected chi connectivity index (χ1v) is 11.5. The van der Waals surface area contributed by atoms with E-state index in [-0.39, 0.29) is 12.0 Å². The predicted molar refractivity (Wildman–Crippen MR) is 123 cm³/mol. The van der Waals surface area contributed by atoms with Crippen LogP contribution in [-0.2, 0) is 22.5 Å². The Morgan fingerprint density at radius 2 is 2.16 bits per heavy atom. The van der Waals surface area contributed by atoms with E-state index in [1.807, 2.05) is 25.1 Å². The quantitative estimate of drug-likeness (QED) is 0.563. The lowest BCUT2D eigenvalue weighted by Gasteiger charge is -2.25. The first kappa shape index (κ1) is 22.8. The predicted octanol–water partition coefficient (Wildman–Crippen LogP) is 4.95. The van der Waals surface area contributed by atoms with Crippen molar-refractivity contribution < 1.29 is 19.1 Å². The molecule has 31 heavy (non-hydrogen) atoms. The number of nitrogens with zero attached hydrogens (tertiary/aromatic N) is 2. The molecule has 0 atom stereocenters. The van der Waals surface area contributed by atoms with Gasteiger partial charge < -0.3 is 19.7 Å². The molecule has 0 bridgehead atoms. The summed E-state index contributed by atoms with van der Waals surface area (Å²) in [6.45, 7) is 5.34. The van der Waals surface area contributed by atoms with E-state index >= 15 is 0 Å². The monoisotopic (exact) mass is 503 g/mol. The molecule has 9 heteroatoms. The van der Waals surface area contributed by atoms with Gasteiger partial charge in [0.25, 0.3) is 0 Å². The number of rotatable bonds is 6. The van der Waals surface area contributed by atoms with Crippen molar-refractivity contribution >= 4 is 50.3 Å². The Hall–Kier alpha value is -2.83. The summed E-state index contributed by atoms with van der Waals surface area (Å²) >= 11 is 4.74. The van der Waals surface area contributed by atoms with Crippen molar-refractivity contribution in [3.05, 3.63) is 50.3 Å². The number of carbonyl (C=O) groups excluding carboxylic acids is 2. The van der Waals surface area contributed by atoms with E-state index in [2.05, 4.69) is 27.3 Å². The Balaban J connectivity index is 1.76. The molecule has 2 heterocycles. The van der Waals surface area contributed by atoms with E-state index in [9.17, 15) is 14.9 Å². The van der Waals surface area contributed by atoms with Gasteiger partial charge in [0.1, 0.15) is 16.8 Å². The van der Waals surface area contributed by atoms with Crippen LogP contribution in [0.4, 0.5) is 9.80 Å². The van der Waals surface area contributed by atoms with Crippen molar-refractivity contribution in [2.24, 2.45) is 0 Å². The number of anilines is 1. The van der Waals surface area contributed by atoms with Crippen LogP contribution in [0.15, 0.2) is 28.7 Å². The average molecular weight is 504 g/mol. The average Bonchev–Trinajstić information content (AvgIpc) is 3.10. The summed E-state index contributed by atoms with van der Waals surface area (Å²) in [7, 11) is 0. The molecule has 0 unspecified atom stereocenters. The number of hydrogen-bond acceptors (Lipinski definition) is 6. The van der Waals surface area contributed by atoms with Crippen molar-refractivity contribution in [1.29, 1.82) is 5.26 Å². The molecule has 1 aliphatic heterocycles. The minimum Gasteiger partial charge on any atom is -0.493 e. The number of ether oxygens (including phenoxy) is 2. The number of halogens is 1. The second-order valence-corrected chi connectivity index (χ2v) is 8.65. The van der Waals surface area contributed by atoms with Crippen LogP contribution in [0.25, 0.3) is 6.08 Å². The zero-order valence-electron chi connectivity index (χ0n) is 17.2. The molecule has 3 rings (SSSR count). The first-order valence-electron chi connectivity index (χ1n) is 9.84. The van der Waals surface area contributed by atoms with Crippen molar-refractivity contribution in [2.45, 2.75) is 26.8 Å². The summed E-state index contributed by atoms with van der Waals surface area (Å²) in [4.78, 5) is 27.1. The lowest BCUT2D eigenvalue weighted by Crippen LogP contribution is -2.35. The minimum absolute atomic E-state index is 0.312. The molecule has 2 amide bonds. The Bertz CT molecular complexity index is 1060. The van der Waals surface area contributed by atoms with Crippen LogP contribution >= 0.6 is 27.3 Å². The zero-order valence-corrected chi connectivity index (χ0v) is 19.6. The van der Waals surface area contributed by atoms with Gasteiger partial charge in [0.15, 0.2) is 0 Å². The molecule has 1 aromatic heterocycles. The molecule has 0 saturated heterocycles. The summed E-state index contributed by atoms with van der Waals surface area (Å²) < 4.78 is 11.5. The molecule has 1 N–H and O–H groups in total. The fraction of sp³-hybridized carbons (Fsp3) is 0.318. The smallest absolute Gasteiger partial charge is 0.410 e. The summed E-state index contributed by atoms with van der Waals surface area (Å²) in [5, 5.41) is 12.9. The Kier molecular flexibility index (Phi) is 7.71. The van der Waals surface area contributed by atoms with Gasteiger partial charge in [0.05, 0.1) is 25.3 Å². The molecule has 1 aliphatic rings. The number of nitriles is 1. The molecule has 2 aromatic rings. The summed E-state index contributed by atoms with van der Waals surface area (Å²) in [5.41, 5.74) is 2.11. The van der Waals surface area contributed by atoms with E-state index in [1.54, 1.807) is 17.9 Å². The topological polar surface area (TPSA) is 91.7 Å². The zero-order chi connectivity index (χ0) is 22.4. The standard InChI is InChI=1S/C22H22BrN3O4S/c1-3-29-18-7-6-15(23)11-14(18)5-8-20(27)25-21-17(12-24)16-9-10-26(13-19(16)31-21)22(28)30-4-2/h5-8,11H,3-4,9-10,13H2,1-2H3,(H,25,27). The number of amides is 2. The number of carbonyl (C=O) groups is 2. The lowest BCUT2D eigenvalue weighted by atomic mass is 10.0. The maximum absolute atomic E-state index is 12.5. The fourth-order valence-corrected chi connectivity index (χ4v) is 4.83. The molecule has 0 radical (unpaired) electrons. The largest absolute Gasteiger partial charge is 0.493 e. The van der Waals surface area contributed by atoms with Gasteiger partial charge in [-0.15, -0.1) is 11.3 Å². The van der Waals surface area contributed by atoms with Crippen LogP contribution in [-0.4, -0.2) is 36.7 Å². The number of hydrogen-bond donors (Lipinski definition) is 1. The molecule has 1 aromatic carbocycles. The van der Waals surface area contributed by atoms with Crippen LogP contribution in [0.5, 0.6) is 5.75 Å². The second-order valence-electron chi connectivity index (χ2n) is 6.63. The highest BCUT2D eigenvalue weighted by Gasteiger charge is 2.27. The minimum atomic E-state index is -0.368. The maximum Gasteiger partial charge on any atom is 0.410 e. The normalized spacial score (nSPS) is 12.9. The van der Waals surface area contributed by atoms with E-state index in [0.717, 1.165) is 20.5 Å². The third-order valence-corrected chi connectivity index (χ3v) is 6.24. The first-order chi connectivity index (χ1) is 15.0. The number of fused-ring (bicyclic) bond motifs is 1. The second kappa shape index (κ2) is 10.5. The van der Waals surface area contributed by atoms with Crippen LogP contribution in [0.2, 0.25) is 0 Å². The van der Waals surface area contributed by atoms with Gasteiger partial charge in [0, 0.05) is 27.5 Å². The van der Waals surface area contributed by atoms with E-state index < -0.39 is 0 Å². The fourth-order valence-electron chi connectivity index (χ4n) is 3.24. The molecular formula is C22H22BrN3O4S. The molecule has 7 nitrogen and oxygen atoms in total. The Morgan fingerprint density at radius 1 is 1.35 bits per heavy atom. The van der Waals surface area contributed by atoms with Gasteiger partial charge in [-0.05, 0) is 50.1 Å².